The van der Waals surface area contributed by atoms with Crippen molar-refractivity contribution in [3.63, 3.8) is 0 Å². The van der Waals surface area contributed by atoms with Gasteiger partial charge in [-0.3, -0.25) is 14.5 Å². The van der Waals surface area contributed by atoms with E-state index in [1.165, 1.54) is 0 Å². The van der Waals surface area contributed by atoms with Crippen LogP contribution < -0.4 is 5.32 Å². The van der Waals surface area contributed by atoms with Crippen LogP contribution in [0, 0.1) is 6.92 Å². The van der Waals surface area contributed by atoms with Gasteiger partial charge in [0.15, 0.2) is 0 Å². The molecule has 0 bridgehead atoms. The van der Waals surface area contributed by atoms with Crippen LogP contribution in [0.4, 0.5) is 0 Å². The maximum Gasteiger partial charge on any atom is 0.270 e. The number of carbonyl (C=O) groups is 1. The Kier molecular flexibility index (Phi) is 4.62. The van der Waals surface area contributed by atoms with Crippen molar-refractivity contribution in [3.05, 3.63) is 82.4 Å². The normalized spacial score (nSPS) is 12.0. The number of halogens is 1. The molecule has 1 N–H and O–H groups in total. The van der Waals surface area contributed by atoms with Crippen molar-refractivity contribution in [1.29, 1.82) is 0 Å². The Morgan fingerprint density at radius 3 is 2.67 bits per heavy atom. The van der Waals surface area contributed by atoms with Gasteiger partial charge in [-0.2, -0.15) is 5.10 Å². The molecular formula is C18H17ClN4O. The molecule has 0 radical (unpaired) electrons. The van der Waals surface area contributed by atoms with Gasteiger partial charge in [0, 0.05) is 18.3 Å². The zero-order chi connectivity index (χ0) is 17.1. The van der Waals surface area contributed by atoms with Crippen LogP contribution in [0.3, 0.4) is 0 Å². The molecule has 0 aliphatic rings. The molecule has 1 aromatic carbocycles. The first kappa shape index (κ1) is 16.2. The van der Waals surface area contributed by atoms with Crippen molar-refractivity contribution in [3.8, 4) is 0 Å². The molecule has 3 rings (SSSR count). The first-order valence-corrected chi connectivity index (χ1v) is 7.90. The van der Waals surface area contributed by atoms with E-state index >= 15 is 0 Å². The first-order valence-electron chi connectivity index (χ1n) is 7.52. The van der Waals surface area contributed by atoms with E-state index in [1.54, 1.807) is 30.1 Å². The van der Waals surface area contributed by atoms with Gasteiger partial charge in [0.2, 0.25) is 0 Å². The van der Waals surface area contributed by atoms with E-state index in [0.717, 1.165) is 17.0 Å². The maximum atomic E-state index is 12.7. The van der Waals surface area contributed by atoms with Crippen LogP contribution in [-0.2, 0) is 7.05 Å². The Labute approximate surface area is 145 Å². The highest BCUT2D eigenvalue weighted by Gasteiger charge is 2.21. The SMILES string of the molecule is Cc1cc(C(=O)N[C@H](c2cccc(Cl)c2)c2ccccn2)n(C)n1. The topological polar surface area (TPSA) is 59.8 Å². The van der Waals surface area contributed by atoms with E-state index in [4.69, 9.17) is 11.6 Å². The summed E-state index contributed by atoms with van der Waals surface area (Å²) in [6.07, 6.45) is 1.70. The molecule has 0 spiro atoms. The average molecular weight is 341 g/mol. The Morgan fingerprint density at radius 1 is 1.21 bits per heavy atom. The summed E-state index contributed by atoms with van der Waals surface area (Å²) in [4.78, 5) is 17.1. The fraction of sp³-hybridized carbons (Fsp3) is 0.167. The molecule has 122 valence electrons. The van der Waals surface area contributed by atoms with Crippen LogP contribution >= 0.6 is 11.6 Å². The predicted octanol–water partition coefficient (Wildman–Crippen LogP) is 3.30. The van der Waals surface area contributed by atoms with Gasteiger partial charge in [0.25, 0.3) is 5.91 Å². The first-order chi connectivity index (χ1) is 11.5. The summed E-state index contributed by atoms with van der Waals surface area (Å²) in [7, 11) is 1.75. The van der Waals surface area contributed by atoms with Gasteiger partial charge in [0.1, 0.15) is 5.69 Å². The summed E-state index contributed by atoms with van der Waals surface area (Å²) in [6.45, 7) is 1.85. The predicted molar refractivity (Wildman–Crippen MR) is 92.9 cm³/mol. The summed E-state index contributed by atoms with van der Waals surface area (Å²) in [5.74, 6) is -0.214. The number of amides is 1. The van der Waals surface area contributed by atoms with Gasteiger partial charge in [-0.25, -0.2) is 0 Å². The monoisotopic (exact) mass is 340 g/mol. The number of hydrogen-bond donors (Lipinski definition) is 1. The van der Waals surface area contributed by atoms with Crippen molar-refractivity contribution in [2.24, 2.45) is 7.05 Å². The van der Waals surface area contributed by atoms with E-state index in [9.17, 15) is 4.79 Å². The summed E-state index contributed by atoms with van der Waals surface area (Å²) >= 11 is 6.11. The third-order valence-corrected chi connectivity index (χ3v) is 3.91. The van der Waals surface area contributed by atoms with Crippen LogP contribution in [0.1, 0.15) is 33.5 Å². The summed E-state index contributed by atoms with van der Waals surface area (Å²) < 4.78 is 1.57. The van der Waals surface area contributed by atoms with E-state index in [1.807, 2.05) is 43.3 Å². The van der Waals surface area contributed by atoms with Crippen molar-refractivity contribution in [1.82, 2.24) is 20.1 Å². The van der Waals surface area contributed by atoms with E-state index in [-0.39, 0.29) is 5.91 Å². The molecule has 0 unspecified atom stereocenters. The van der Waals surface area contributed by atoms with Crippen LogP contribution in [0.5, 0.6) is 0 Å². The molecule has 2 aromatic heterocycles. The van der Waals surface area contributed by atoms with Gasteiger partial charge in [-0.05, 0) is 42.8 Å². The number of rotatable bonds is 4. The highest BCUT2D eigenvalue weighted by Crippen LogP contribution is 2.23. The zero-order valence-electron chi connectivity index (χ0n) is 13.4. The highest BCUT2D eigenvalue weighted by molar-refractivity contribution is 6.30. The van der Waals surface area contributed by atoms with Crippen molar-refractivity contribution < 1.29 is 4.79 Å². The molecule has 0 saturated carbocycles. The molecule has 6 heteroatoms. The molecular weight excluding hydrogens is 324 g/mol. The summed E-state index contributed by atoms with van der Waals surface area (Å²) in [5, 5.41) is 7.85. The van der Waals surface area contributed by atoms with Gasteiger partial charge < -0.3 is 5.32 Å². The second-order valence-corrected chi connectivity index (χ2v) is 5.95. The minimum absolute atomic E-state index is 0.214. The molecule has 2 heterocycles. The number of nitrogens with zero attached hydrogens (tertiary/aromatic N) is 3. The molecule has 24 heavy (non-hydrogen) atoms. The lowest BCUT2D eigenvalue weighted by molar-refractivity contribution is 0.0933. The van der Waals surface area contributed by atoms with Crippen molar-refractivity contribution in [2.75, 3.05) is 0 Å². The van der Waals surface area contributed by atoms with Gasteiger partial charge >= 0.3 is 0 Å². The lowest BCUT2D eigenvalue weighted by atomic mass is 10.0. The number of hydrogen-bond acceptors (Lipinski definition) is 3. The number of nitrogens with one attached hydrogen (secondary N) is 1. The van der Waals surface area contributed by atoms with Crippen LogP contribution in [0.15, 0.2) is 54.7 Å². The Bertz CT molecular complexity index is 860. The molecule has 1 atom stereocenters. The van der Waals surface area contributed by atoms with Crippen molar-refractivity contribution in [2.45, 2.75) is 13.0 Å². The molecule has 3 aromatic rings. The van der Waals surface area contributed by atoms with Crippen LogP contribution in [-0.4, -0.2) is 20.7 Å². The van der Waals surface area contributed by atoms with Gasteiger partial charge in [-0.15, -0.1) is 0 Å². The third kappa shape index (κ3) is 3.46. The lowest BCUT2D eigenvalue weighted by Gasteiger charge is -2.19. The van der Waals surface area contributed by atoms with E-state index < -0.39 is 6.04 Å². The summed E-state index contributed by atoms with van der Waals surface area (Å²) in [5.41, 5.74) is 2.90. The fourth-order valence-electron chi connectivity index (χ4n) is 2.59. The number of aromatic nitrogens is 3. The number of aryl methyl sites for hydroxylation is 2. The number of pyridine rings is 1. The summed E-state index contributed by atoms with van der Waals surface area (Å²) in [6, 6.07) is 14.4. The van der Waals surface area contributed by atoms with Gasteiger partial charge in [-0.1, -0.05) is 29.8 Å². The third-order valence-electron chi connectivity index (χ3n) is 3.68. The second kappa shape index (κ2) is 6.84. The largest absolute Gasteiger partial charge is 0.338 e. The molecule has 5 nitrogen and oxygen atoms in total. The Hall–Kier alpha value is -2.66. The second-order valence-electron chi connectivity index (χ2n) is 5.51. The molecule has 0 aliphatic carbocycles. The Morgan fingerprint density at radius 2 is 2.04 bits per heavy atom. The average Bonchev–Trinajstić information content (AvgIpc) is 2.92. The maximum absolute atomic E-state index is 12.7. The van der Waals surface area contributed by atoms with E-state index in [0.29, 0.717) is 10.7 Å². The van der Waals surface area contributed by atoms with Crippen LogP contribution in [0.2, 0.25) is 5.02 Å². The molecule has 0 aliphatic heterocycles. The Balaban J connectivity index is 1.96. The quantitative estimate of drug-likeness (QED) is 0.792. The minimum Gasteiger partial charge on any atom is -0.338 e. The molecule has 0 saturated heterocycles. The standard InChI is InChI=1S/C18H17ClN4O/c1-12-10-16(23(2)22-12)18(24)21-17(15-8-3-4-9-20-15)13-6-5-7-14(19)11-13/h3-11,17H,1-2H3,(H,21,24)/t17-/m1/s1. The smallest absolute Gasteiger partial charge is 0.270 e. The van der Waals surface area contributed by atoms with Crippen molar-refractivity contribution >= 4 is 17.5 Å². The zero-order valence-corrected chi connectivity index (χ0v) is 14.2. The lowest BCUT2D eigenvalue weighted by Crippen LogP contribution is -2.31. The number of benzene rings is 1. The van der Waals surface area contributed by atoms with E-state index in [2.05, 4.69) is 15.4 Å². The van der Waals surface area contributed by atoms with Crippen LogP contribution in [0.25, 0.3) is 0 Å². The van der Waals surface area contributed by atoms with Gasteiger partial charge in [0.05, 0.1) is 17.4 Å². The molecule has 0 fully saturated rings. The fourth-order valence-corrected chi connectivity index (χ4v) is 2.79. The minimum atomic E-state index is -0.396. The number of carbonyl (C=O) groups excluding carboxylic acids is 1. The molecule has 1 amide bonds. The highest BCUT2D eigenvalue weighted by atomic mass is 35.5.